The highest BCUT2D eigenvalue weighted by atomic mass is 16.2. The third-order valence-corrected chi connectivity index (χ3v) is 3.68. The van der Waals surface area contributed by atoms with Crippen molar-refractivity contribution >= 4 is 22.7 Å². The Balaban J connectivity index is 1.46. The van der Waals surface area contributed by atoms with Crippen LogP contribution in [0.5, 0.6) is 0 Å². The van der Waals surface area contributed by atoms with E-state index in [4.69, 9.17) is 0 Å². The van der Waals surface area contributed by atoms with Crippen LogP contribution in [0.2, 0.25) is 0 Å². The zero-order chi connectivity index (χ0) is 17.5. The van der Waals surface area contributed by atoms with E-state index in [9.17, 15) is 9.59 Å². The van der Waals surface area contributed by atoms with Gasteiger partial charge in [0.15, 0.2) is 0 Å². The summed E-state index contributed by atoms with van der Waals surface area (Å²) in [6.07, 6.45) is 3.59. The summed E-state index contributed by atoms with van der Waals surface area (Å²) in [7, 11) is 0. The molecular formula is C19H18N4O2. The first-order chi connectivity index (χ1) is 12.2. The van der Waals surface area contributed by atoms with Crippen molar-refractivity contribution < 1.29 is 9.59 Å². The maximum Gasteiger partial charge on any atom is 0.269 e. The number of hydrogen-bond acceptors (Lipinski definition) is 4. The molecule has 1 aromatic carbocycles. The van der Waals surface area contributed by atoms with Crippen molar-refractivity contribution in [3.05, 3.63) is 72.2 Å². The maximum absolute atomic E-state index is 12.1. The van der Waals surface area contributed by atoms with E-state index in [1.807, 2.05) is 42.5 Å². The largest absolute Gasteiger partial charge is 0.352 e. The Hall–Kier alpha value is -3.28. The van der Waals surface area contributed by atoms with Gasteiger partial charge >= 0.3 is 0 Å². The summed E-state index contributed by atoms with van der Waals surface area (Å²) in [6.45, 7) is 0.680. The molecule has 2 heterocycles. The Morgan fingerprint density at radius 3 is 2.68 bits per heavy atom. The van der Waals surface area contributed by atoms with Gasteiger partial charge in [-0.1, -0.05) is 30.3 Å². The maximum atomic E-state index is 12.1. The predicted octanol–water partition coefficient (Wildman–Crippen LogP) is 2.07. The number of nitrogens with zero attached hydrogens (tertiary/aromatic N) is 2. The molecule has 3 aromatic rings. The minimum atomic E-state index is -0.286. The van der Waals surface area contributed by atoms with Crippen molar-refractivity contribution in [3.8, 4) is 0 Å². The van der Waals surface area contributed by atoms with Crippen LogP contribution in [0.4, 0.5) is 0 Å². The van der Waals surface area contributed by atoms with Gasteiger partial charge in [-0.25, -0.2) is 4.98 Å². The summed E-state index contributed by atoms with van der Waals surface area (Å²) in [6, 6.07) is 14.9. The fourth-order valence-corrected chi connectivity index (χ4v) is 2.36. The minimum absolute atomic E-state index is 0.129. The molecule has 6 nitrogen and oxygen atoms in total. The number of carbonyl (C=O) groups excluding carboxylic acids is 2. The zero-order valence-electron chi connectivity index (χ0n) is 13.6. The zero-order valence-corrected chi connectivity index (χ0v) is 13.6. The molecule has 2 N–H and O–H groups in total. The molecular weight excluding hydrogens is 316 g/mol. The van der Waals surface area contributed by atoms with E-state index < -0.39 is 0 Å². The Morgan fingerprint density at radius 2 is 1.84 bits per heavy atom. The van der Waals surface area contributed by atoms with Crippen LogP contribution in [0, 0.1) is 0 Å². The summed E-state index contributed by atoms with van der Waals surface area (Å²) >= 11 is 0. The van der Waals surface area contributed by atoms with Crippen molar-refractivity contribution in [1.29, 1.82) is 0 Å². The molecule has 0 radical (unpaired) electrons. The molecule has 0 aliphatic carbocycles. The molecule has 126 valence electrons. The van der Waals surface area contributed by atoms with Gasteiger partial charge in [0.1, 0.15) is 5.69 Å². The van der Waals surface area contributed by atoms with Gasteiger partial charge in [-0.3, -0.25) is 14.6 Å². The summed E-state index contributed by atoms with van der Waals surface area (Å²) in [4.78, 5) is 32.3. The van der Waals surface area contributed by atoms with Crippen molar-refractivity contribution in [2.45, 2.75) is 13.0 Å². The molecule has 0 atom stereocenters. The quantitative estimate of drug-likeness (QED) is 0.723. The van der Waals surface area contributed by atoms with Gasteiger partial charge in [0.2, 0.25) is 5.91 Å². The van der Waals surface area contributed by atoms with E-state index in [0.717, 1.165) is 16.5 Å². The highest BCUT2D eigenvalue weighted by molar-refractivity contribution is 5.95. The van der Waals surface area contributed by atoms with Crippen molar-refractivity contribution in [1.82, 2.24) is 20.6 Å². The van der Waals surface area contributed by atoms with Crippen LogP contribution < -0.4 is 10.6 Å². The summed E-state index contributed by atoms with van der Waals surface area (Å²) in [5, 5.41) is 6.49. The standard InChI is InChI=1S/C19H18N4O2/c24-18(22-13-14-4-3-10-20-12-14)9-11-21-19(25)17-8-7-15-5-1-2-6-16(15)23-17/h1-8,10,12H,9,11,13H2,(H,21,25)(H,22,24). The molecule has 0 spiro atoms. The van der Waals surface area contributed by atoms with Crippen LogP contribution in [-0.4, -0.2) is 28.3 Å². The van der Waals surface area contributed by atoms with E-state index in [1.165, 1.54) is 0 Å². The molecule has 0 aliphatic rings. The number of carbonyl (C=O) groups is 2. The number of fused-ring (bicyclic) bond motifs is 1. The Kier molecular flexibility index (Phi) is 5.31. The van der Waals surface area contributed by atoms with Gasteiger partial charge in [0.25, 0.3) is 5.91 Å². The number of pyridine rings is 2. The van der Waals surface area contributed by atoms with Gasteiger partial charge in [0, 0.05) is 37.3 Å². The number of hydrogen-bond donors (Lipinski definition) is 2. The van der Waals surface area contributed by atoms with Crippen LogP contribution in [0.15, 0.2) is 60.9 Å². The van der Waals surface area contributed by atoms with E-state index in [1.54, 1.807) is 18.5 Å². The number of amides is 2. The van der Waals surface area contributed by atoms with Gasteiger partial charge < -0.3 is 10.6 Å². The molecule has 0 unspecified atom stereocenters. The third kappa shape index (κ3) is 4.60. The van der Waals surface area contributed by atoms with E-state index >= 15 is 0 Å². The summed E-state index contributed by atoms with van der Waals surface area (Å²) in [5.41, 5.74) is 2.04. The highest BCUT2D eigenvalue weighted by Gasteiger charge is 2.09. The number of benzene rings is 1. The molecule has 0 saturated carbocycles. The van der Waals surface area contributed by atoms with Crippen molar-refractivity contribution in [2.75, 3.05) is 6.54 Å². The fourth-order valence-electron chi connectivity index (χ4n) is 2.36. The Bertz CT molecular complexity index is 881. The second kappa shape index (κ2) is 8.01. The Labute approximate surface area is 145 Å². The van der Waals surface area contributed by atoms with Crippen LogP contribution >= 0.6 is 0 Å². The van der Waals surface area contributed by atoms with E-state index in [2.05, 4.69) is 20.6 Å². The first-order valence-corrected chi connectivity index (χ1v) is 8.02. The third-order valence-electron chi connectivity index (χ3n) is 3.68. The monoisotopic (exact) mass is 334 g/mol. The number of aromatic nitrogens is 2. The molecule has 0 saturated heterocycles. The van der Waals surface area contributed by atoms with Crippen LogP contribution in [0.3, 0.4) is 0 Å². The second-order valence-electron chi connectivity index (χ2n) is 5.53. The second-order valence-corrected chi connectivity index (χ2v) is 5.53. The average molecular weight is 334 g/mol. The first kappa shape index (κ1) is 16.6. The average Bonchev–Trinajstić information content (AvgIpc) is 2.66. The lowest BCUT2D eigenvalue weighted by Gasteiger charge is -2.07. The molecule has 3 rings (SSSR count). The minimum Gasteiger partial charge on any atom is -0.352 e. The topological polar surface area (TPSA) is 84.0 Å². The van der Waals surface area contributed by atoms with E-state index in [-0.39, 0.29) is 24.8 Å². The van der Waals surface area contributed by atoms with Crippen LogP contribution in [-0.2, 0) is 11.3 Å². The number of nitrogens with one attached hydrogen (secondary N) is 2. The van der Waals surface area contributed by atoms with Crippen LogP contribution in [0.25, 0.3) is 10.9 Å². The number of rotatable bonds is 6. The van der Waals surface area contributed by atoms with E-state index in [0.29, 0.717) is 12.2 Å². The van der Waals surface area contributed by atoms with Gasteiger partial charge in [-0.15, -0.1) is 0 Å². The molecule has 6 heteroatoms. The normalized spacial score (nSPS) is 10.4. The summed E-state index contributed by atoms with van der Waals surface area (Å²) < 4.78 is 0. The lowest BCUT2D eigenvalue weighted by atomic mass is 10.2. The first-order valence-electron chi connectivity index (χ1n) is 8.02. The van der Waals surface area contributed by atoms with Gasteiger partial charge in [-0.2, -0.15) is 0 Å². The number of para-hydroxylation sites is 1. The van der Waals surface area contributed by atoms with Crippen molar-refractivity contribution in [3.63, 3.8) is 0 Å². The molecule has 0 aliphatic heterocycles. The highest BCUT2D eigenvalue weighted by Crippen LogP contribution is 2.11. The molecule has 0 bridgehead atoms. The SMILES string of the molecule is O=C(CCNC(=O)c1ccc2ccccc2n1)NCc1cccnc1. The fraction of sp³-hybridized carbons (Fsp3) is 0.158. The van der Waals surface area contributed by atoms with Gasteiger partial charge in [-0.05, 0) is 23.8 Å². The molecule has 2 aromatic heterocycles. The summed E-state index contributed by atoms with van der Waals surface area (Å²) in [5.74, 6) is -0.415. The lowest BCUT2D eigenvalue weighted by molar-refractivity contribution is -0.121. The predicted molar refractivity (Wildman–Crippen MR) is 94.8 cm³/mol. The molecule has 25 heavy (non-hydrogen) atoms. The smallest absolute Gasteiger partial charge is 0.269 e. The lowest BCUT2D eigenvalue weighted by Crippen LogP contribution is -2.30. The molecule has 0 fully saturated rings. The van der Waals surface area contributed by atoms with Crippen LogP contribution in [0.1, 0.15) is 22.5 Å². The van der Waals surface area contributed by atoms with Crippen molar-refractivity contribution in [2.24, 2.45) is 0 Å². The Morgan fingerprint density at radius 1 is 0.960 bits per heavy atom. The molecule has 2 amide bonds. The van der Waals surface area contributed by atoms with Gasteiger partial charge in [0.05, 0.1) is 5.52 Å².